The molecule has 2 saturated heterocycles. The standard InChI is InChI=1S/C41H50ClN3O11/c1-7-45(38(51)28-13-11-27(12-14-28)25(4)48)20-35(50)55-33-18-34(49)44(6)31-17-26(16-29(21-46)36(31)42)15-23(2)9-8-10-30(22-47)41(53)19-32(54-39(52)43-41)24(3)37-40(33,5)56-37/h8-14,16-17,24,30,32-33,37,46-47,53H,7,15,18-22H2,1-6H3,(H,43,52)/b10-8+,23-9+/t24-,30+,32+,33+,37+,40+,41+/m1/s1. The lowest BCUT2D eigenvalue weighted by atomic mass is 9.81. The van der Waals surface area contributed by atoms with Crippen molar-refractivity contribution in [3.8, 4) is 0 Å². The van der Waals surface area contributed by atoms with E-state index in [1.165, 1.54) is 48.0 Å². The van der Waals surface area contributed by atoms with Crippen molar-refractivity contribution >= 4 is 46.9 Å². The van der Waals surface area contributed by atoms with E-state index in [-0.39, 0.29) is 35.8 Å². The number of nitrogens with zero attached hydrogens (tertiary/aromatic N) is 2. The number of anilines is 1. The summed E-state index contributed by atoms with van der Waals surface area (Å²) in [6.07, 6.45) is 1.23. The number of fused-ring (bicyclic) bond motifs is 5. The first-order chi connectivity index (χ1) is 26.4. The number of carbonyl (C=O) groups is 5. The van der Waals surface area contributed by atoms with E-state index in [1.54, 1.807) is 51.1 Å². The highest BCUT2D eigenvalue weighted by Gasteiger charge is 2.64. The van der Waals surface area contributed by atoms with Crippen LogP contribution < -0.4 is 10.2 Å². The summed E-state index contributed by atoms with van der Waals surface area (Å²) in [6, 6.07) is 9.55. The maximum Gasteiger partial charge on any atom is 0.409 e. The zero-order valence-electron chi connectivity index (χ0n) is 32.4. The van der Waals surface area contributed by atoms with Gasteiger partial charge < -0.3 is 39.3 Å². The molecule has 5 rings (SSSR count). The molecule has 3 aliphatic rings. The van der Waals surface area contributed by atoms with Crippen LogP contribution in [0.1, 0.15) is 79.3 Å². The quantitative estimate of drug-likeness (QED) is 0.171. The Kier molecular flexibility index (Phi) is 13.1. The van der Waals surface area contributed by atoms with Crippen molar-refractivity contribution in [1.82, 2.24) is 10.2 Å². The van der Waals surface area contributed by atoms with Crippen molar-refractivity contribution in [1.29, 1.82) is 0 Å². The molecule has 4 N–H and O–H groups in total. The molecule has 0 unspecified atom stereocenters. The van der Waals surface area contributed by atoms with Gasteiger partial charge in [-0.15, -0.1) is 0 Å². The van der Waals surface area contributed by atoms with Gasteiger partial charge in [0.15, 0.2) is 11.5 Å². The van der Waals surface area contributed by atoms with Gasteiger partial charge in [0.2, 0.25) is 5.91 Å². The predicted octanol–water partition coefficient (Wildman–Crippen LogP) is 4.11. The van der Waals surface area contributed by atoms with E-state index >= 15 is 0 Å². The van der Waals surface area contributed by atoms with Crippen LogP contribution in [-0.2, 0) is 36.8 Å². The Morgan fingerprint density at radius 3 is 2.43 bits per heavy atom. The van der Waals surface area contributed by atoms with Crippen molar-refractivity contribution in [2.24, 2.45) is 11.8 Å². The zero-order valence-corrected chi connectivity index (χ0v) is 33.2. The van der Waals surface area contributed by atoms with Gasteiger partial charge in [0.05, 0.1) is 36.4 Å². The highest BCUT2D eigenvalue weighted by molar-refractivity contribution is 6.34. The number of rotatable bonds is 8. The molecule has 56 heavy (non-hydrogen) atoms. The first kappa shape index (κ1) is 42.5. The monoisotopic (exact) mass is 795 g/mol. The number of nitrogens with one attached hydrogen (secondary N) is 1. The van der Waals surface area contributed by atoms with Crippen LogP contribution in [0.4, 0.5) is 10.5 Å². The highest BCUT2D eigenvalue weighted by atomic mass is 35.5. The Hall–Kier alpha value is -4.60. The van der Waals surface area contributed by atoms with Crippen molar-refractivity contribution in [2.75, 3.05) is 31.6 Å². The average Bonchev–Trinajstić information content (AvgIpc) is 3.86. The Morgan fingerprint density at radius 2 is 1.80 bits per heavy atom. The summed E-state index contributed by atoms with van der Waals surface area (Å²) in [7, 11) is 1.52. The number of esters is 1. The second-order valence-electron chi connectivity index (χ2n) is 15.0. The minimum absolute atomic E-state index is 0.116. The molecular formula is C41H50ClN3O11. The molecule has 0 radical (unpaired) electrons. The van der Waals surface area contributed by atoms with E-state index in [9.17, 15) is 39.3 Å². The summed E-state index contributed by atoms with van der Waals surface area (Å²) < 4.78 is 17.9. The molecule has 15 heteroatoms. The number of likely N-dealkylation sites (N-methyl/N-ethyl adjacent to an activating group) is 1. The molecule has 0 aliphatic carbocycles. The number of aliphatic hydroxyl groups is 3. The smallest absolute Gasteiger partial charge is 0.409 e. The zero-order chi connectivity index (χ0) is 41.1. The van der Waals surface area contributed by atoms with Gasteiger partial charge in [-0.25, -0.2) is 4.79 Å². The van der Waals surface area contributed by atoms with Crippen LogP contribution in [0.5, 0.6) is 0 Å². The topological polar surface area (TPSA) is 196 Å². The summed E-state index contributed by atoms with van der Waals surface area (Å²) in [5.41, 5.74) is -0.153. The molecule has 2 fully saturated rings. The number of alkyl carbamates (subject to hydrolysis) is 1. The summed E-state index contributed by atoms with van der Waals surface area (Å²) in [6.45, 7) is 7.20. The second-order valence-corrected chi connectivity index (χ2v) is 15.4. The van der Waals surface area contributed by atoms with Crippen molar-refractivity contribution in [2.45, 2.75) is 90.1 Å². The van der Waals surface area contributed by atoms with E-state index < -0.39 is 85.1 Å². The first-order valence-corrected chi connectivity index (χ1v) is 18.9. The molecule has 4 bridgehead atoms. The van der Waals surface area contributed by atoms with Gasteiger partial charge in [-0.05, 0) is 63.4 Å². The van der Waals surface area contributed by atoms with Crippen molar-refractivity contribution in [3.63, 3.8) is 0 Å². The molecule has 2 aromatic rings. The fraction of sp³-hybridized carbons (Fsp3) is 0.488. The van der Waals surface area contributed by atoms with Crippen LogP contribution in [0.25, 0.3) is 0 Å². The fourth-order valence-electron chi connectivity index (χ4n) is 7.40. The molecule has 3 heterocycles. The Morgan fingerprint density at radius 1 is 1.12 bits per heavy atom. The van der Waals surface area contributed by atoms with Crippen LogP contribution in [-0.4, -0.2) is 106 Å². The summed E-state index contributed by atoms with van der Waals surface area (Å²) in [5.74, 6) is -3.44. The number of ether oxygens (including phenoxy) is 3. The van der Waals surface area contributed by atoms with Crippen LogP contribution in [0, 0.1) is 11.8 Å². The van der Waals surface area contributed by atoms with E-state index in [4.69, 9.17) is 25.8 Å². The molecule has 14 nitrogen and oxygen atoms in total. The molecule has 3 aliphatic heterocycles. The third kappa shape index (κ3) is 9.16. The number of benzene rings is 2. The Labute approximate surface area is 331 Å². The number of hydrogen-bond donors (Lipinski definition) is 4. The predicted molar refractivity (Wildman–Crippen MR) is 206 cm³/mol. The number of carbonyl (C=O) groups excluding carboxylic acids is 5. The van der Waals surface area contributed by atoms with Gasteiger partial charge in [-0.2, -0.15) is 0 Å². The Bertz CT molecular complexity index is 1920. The third-order valence-electron chi connectivity index (χ3n) is 11.0. The number of halogens is 1. The maximum absolute atomic E-state index is 14.1. The van der Waals surface area contributed by atoms with Gasteiger partial charge >= 0.3 is 12.1 Å². The van der Waals surface area contributed by atoms with Gasteiger partial charge in [-0.3, -0.25) is 24.5 Å². The molecule has 2 aromatic carbocycles. The number of amides is 3. The lowest BCUT2D eigenvalue weighted by Crippen LogP contribution is -2.62. The van der Waals surface area contributed by atoms with Crippen LogP contribution in [0.2, 0.25) is 5.02 Å². The normalized spacial score (nSPS) is 29.5. The third-order valence-corrected chi connectivity index (χ3v) is 11.4. The number of allylic oxidation sites excluding steroid dienone is 3. The lowest BCUT2D eigenvalue weighted by Gasteiger charge is -2.42. The fourth-order valence-corrected chi connectivity index (χ4v) is 7.70. The number of epoxide rings is 1. The number of aliphatic hydroxyl groups excluding tert-OH is 2. The average molecular weight is 796 g/mol. The maximum atomic E-state index is 14.1. The second kappa shape index (κ2) is 17.3. The van der Waals surface area contributed by atoms with Crippen LogP contribution in [0.3, 0.4) is 0 Å². The Balaban J connectivity index is 1.50. The highest BCUT2D eigenvalue weighted by Crippen LogP contribution is 2.49. The molecule has 0 aromatic heterocycles. The molecular weight excluding hydrogens is 746 g/mol. The SMILES string of the molecule is CCN(CC(=O)O[C@H]1CC(=O)N(C)c2cc(cc(CO)c2Cl)C/C(C)=C/C=C/[C@@H](CO)[C@@]2(O)C[C@H](OC(=O)N2)[C@@H](C)[C@@H]2O[C@@]12C)C(=O)c1ccc(C(C)=O)cc1. The summed E-state index contributed by atoms with van der Waals surface area (Å²) in [5, 5.41) is 34.8. The first-order valence-electron chi connectivity index (χ1n) is 18.6. The molecule has 7 atom stereocenters. The molecule has 0 spiro atoms. The van der Waals surface area contributed by atoms with Gasteiger partial charge in [-0.1, -0.05) is 60.5 Å². The van der Waals surface area contributed by atoms with Gasteiger partial charge in [0.25, 0.3) is 5.91 Å². The minimum atomic E-state index is -1.89. The van der Waals surface area contributed by atoms with E-state index in [1.807, 2.05) is 6.92 Å². The number of hydrogen-bond acceptors (Lipinski definition) is 11. The lowest BCUT2D eigenvalue weighted by molar-refractivity contribution is -0.154. The van der Waals surface area contributed by atoms with E-state index in [2.05, 4.69) is 5.32 Å². The van der Waals surface area contributed by atoms with E-state index in [0.29, 0.717) is 23.2 Å². The van der Waals surface area contributed by atoms with E-state index in [0.717, 1.165) is 11.1 Å². The number of ketones is 1. The summed E-state index contributed by atoms with van der Waals surface area (Å²) in [4.78, 5) is 68.4. The van der Waals surface area contributed by atoms with Crippen LogP contribution >= 0.6 is 11.6 Å². The van der Waals surface area contributed by atoms with Gasteiger partial charge in [0, 0.05) is 43.0 Å². The molecule has 302 valence electrons. The molecule has 3 amide bonds. The van der Waals surface area contributed by atoms with Crippen LogP contribution in [0.15, 0.2) is 60.2 Å². The molecule has 0 saturated carbocycles. The van der Waals surface area contributed by atoms with Crippen molar-refractivity contribution in [3.05, 3.63) is 87.5 Å². The van der Waals surface area contributed by atoms with Gasteiger partial charge in [0.1, 0.15) is 24.4 Å². The van der Waals surface area contributed by atoms with Crippen molar-refractivity contribution < 1.29 is 53.5 Å². The largest absolute Gasteiger partial charge is 0.457 e. The minimum Gasteiger partial charge on any atom is -0.457 e. The number of Topliss-reactive ketones (excluding diaryl/α,β-unsaturated/α-hetero) is 1. The summed E-state index contributed by atoms with van der Waals surface area (Å²) >= 11 is 6.72.